The van der Waals surface area contributed by atoms with Crippen LogP contribution >= 0.6 is 23.2 Å². The van der Waals surface area contributed by atoms with Crippen molar-refractivity contribution in [2.24, 2.45) is 0 Å². The molecular weight excluding hydrogens is 391 g/mol. The average molecular weight is 413 g/mol. The van der Waals surface area contributed by atoms with Gasteiger partial charge < -0.3 is 14.4 Å². The van der Waals surface area contributed by atoms with Gasteiger partial charge in [-0.05, 0) is 38.0 Å². The van der Waals surface area contributed by atoms with E-state index in [9.17, 15) is 14.9 Å². The Morgan fingerprint density at radius 1 is 1.30 bits per heavy atom. The molecule has 1 aliphatic carbocycles. The first-order valence-corrected chi connectivity index (χ1v) is 9.51. The molecule has 0 bridgehead atoms. The first kappa shape index (κ1) is 21.3. The molecule has 1 aromatic carbocycles. The molecule has 1 saturated carbocycles. The number of nitrogens with zero attached hydrogens (tertiary/aromatic N) is 2. The molecule has 1 aliphatic rings. The number of carbonyl (C=O) groups excluding carboxylic acids is 2. The zero-order valence-corrected chi connectivity index (χ0v) is 16.8. The fraction of sp³-hybridized carbons (Fsp3) is 0.526. The number of esters is 1. The maximum Gasteiger partial charge on any atom is 0.347 e. The summed E-state index contributed by atoms with van der Waals surface area (Å²) in [5, 5.41) is 10.3. The highest BCUT2D eigenvalue weighted by molar-refractivity contribution is 6.35. The van der Waals surface area contributed by atoms with Crippen molar-refractivity contribution in [2.75, 3.05) is 13.7 Å². The second-order valence-electron chi connectivity index (χ2n) is 6.60. The highest BCUT2D eigenvalue weighted by Crippen LogP contribution is 2.32. The fourth-order valence-corrected chi connectivity index (χ4v) is 3.51. The van der Waals surface area contributed by atoms with Gasteiger partial charge in [0, 0.05) is 12.1 Å². The minimum atomic E-state index is -0.957. The Hall–Kier alpha value is -1.97. The van der Waals surface area contributed by atoms with Crippen molar-refractivity contribution in [3.8, 4) is 11.8 Å². The van der Waals surface area contributed by atoms with E-state index in [-0.39, 0.29) is 5.02 Å². The van der Waals surface area contributed by atoms with Crippen LogP contribution in [-0.4, -0.2) is 42.1 Å². The number of carbonyl (C=O) groups is 2. The molecule has 8 heteroatoms. The quantitative estimate of drug-likeness (QED) is 0.659. The van der Waals surface area contributed by atoms with Gasteiger partial charge in [0.2, 0.25) is 0 Å². The summed E-state index contributed by atoms with van der Waals surface area (Å²) < 4.78 is 10.5. The van der Waals surface area contributed by atoms with Crippen molar-refractivity contribution >= 4 is 35.1 Å². The standard InChI is InChI=1S/C19H22Cl2N2O4/c1-13(27-16-7-6-14(20)10-15(16)21)18(25)26-11-17(24)23(2)19(12-22)8-4-3-5-9-19/h6-7,10,13H,3-5,8-9,11H2,1-2H3/t13-/m0/s1. The predicted octanol–water partition coefficient (Wildman–Crippen LogP) is 3.99. The summed E-state index contributed by atoms with van der Waals surface area (Å²) >= 11 is 11.8. The molecule has 0 saturated heterocycles. The minimum absolute atomic E-state index is 0.270. The molecule has 0 radical (unpaired) electrons. The smallest absolute Gasteiger partial charge is 0.347 e. The van der Waals surface area contributed by atoms with E-state index >= 15 is 0 Å². The summed E-state index contributed by atoms with van der Waals surface area (Å²) in [6.45, 7) is 1.06. The zero-order chi connectivity index (χ0) is 20.0. The van der Waals surface area contributed by atoms with Crippen LogP contribution in [0.4, 0.5) is 0 Å². The lowest BCUT2D eigenvalue weighted by Gasteiger charge is -2.38. The van der Waals surface area contributed by atoms with Crippen molar-refractivity contribution in [1.82, 2.24) is 4.90 Å². The van der Waals surface area contributed by atoms with Crippen LogP contribution in [-0.2, 0) is 14.3 Å². The number of likely N-dealkylation sites (N-methyl/N-ethyl adjacent to an activating group) is 1. The van der Waals surface area contributed by atoms with E-state index in [1.54, 1.807) is 19.2 Å². The van der Waals surface area contributed by atoms with E-state index < -0.39 is 30.1 Å². The molecule has 1 aromatic rings. The Labute approximate surface area is 168 Å². The maximum absolute atomic E-state index is 12.4. The minimum Gasteiger partial charge on any atom is -0.477 e. The summed E-state index contributed by atoms with van der Waals surface area (Å²) in [4.78, 5) is 25.9. The van der Waals surface area contributed by atoms with Gasteiger partial charge >= 0.3 is 5.97 Å². The second kappa shape index (κ2) is 9.29. The Morgan fingerprint density at radius 2 is 1.96 bits per heavy atom. The Kier molecular flexibility index (Phi) is 7.34. The van der Waals surface area contributed by atoms with Crippen LogP contribution in [0.15, 0.2) is 18.2 Å². The van der Waals surface area contributed by atoms with Crippen LogP contribution in [0.3, 0.4) is 0 Å². The highest BCUT2D eigenvalue weighted by atomic mass is 35.5. The van der Waals surface area contributed by atoms with E-state index in [4.69, 9.17) is 32.7 Å². The van der Waals surface area contributed by atoms with E-state index in [0.717, 1.165) is 19.3 Å². The first-order valence-electron chi connectivity index (χ1n) is 8.75. The van der Waals surface area contributed by atoms with Crippen molar-refractivity contribution in [3.05, 3.63) is 28.2 Å². The molecule has 27 heavy (non-hydrogen) atoms. The van der Waals surface area contributed by atoms with Crippen molar-refractivity contribution < 1.29 is 19.1 Å². The van der Waals surface area contributed by atoms with Gasteiger partial charge in [-0.1, -0.05) is 42.5 Å². The van der Waals surface area contributed by atoms with Gasteiger partial charge in [-0.15, -0.1) is 0 Å². The summed E-state index contributed by atoms with van der Waals surface area (Å²) in [5.41, 5.74) is -0.819. The van der Waals surface area contributed by atoms with Gasteiger partial charge in [-0.3, -0.25) is 4.79 Å². The van der Waals surface area contributed by atoms with Crippen LogP contribution in [0.2, 0.25) is 10.0 Å². The SMILES string of the molecule is C[C@H](Oc1ccc(Cl)cc1Cl)C(=O)OCC(=O)N(C)C1(C#N)CCCCC1. The molecule has 1 fully saturated rings. The molecular formula is C19H22Cl2N2O4. The molecule has 0 N–H and O–H groups in total. The molecule has 2 rings (SSSR count). The molecule has 146 valence electrons. The van der Waals surface area contributed by atoms with Crippen LogP contribution in [0.1, 0.15) is 39.0 Å². The normalized spacial score (nSPS) is 16.7. The number of hydrogen-bond donors (Lipinski definition) is 0. The number of halogens is 2. The summed E-state index contributed by atoms with van der Waals surface area (Å²) in [6, 6.07) is 6.90. The zero-order valence-electron chi connectivity index (χ0n) is 15.3. The molecule has 0 aromatic heterocycles. The monoisotopic (exact) mass is 412 g/mol. The first-order chi connectivity index (χ1) is 12.8. The summed E-state index contributed by atoms with van der Waals surface area (Å²) in [7, 11) is 1.58. The van der Waals surface area contributed by atoms with Crippen LogP contribution < -0.4 is 4.74 Å². The van der Waals surface area contributed by atoms with Gasteiger partial charge in [0.25, 0.3) is 5.91 Å². The number of rotatable bonds is 6. The summed E-state index contributed by atoms with van der Waals surface area (Å²) in [6.07, 6.45) is 3.17. The lowest BCUT2D eigenvalue weighted by Crippen LogP contribution is -2.51. The third kappa shape index (κ3) is 5.27. The number of hydrogen-bond acceptors (Lipinski definition) is 5. The molecule has 6 nitrogen and oxygen atoms in total. The van der Waals surface area contributed by atoms with E-state index in [1.807, 2.05) is 0 Å². The molecule has 0 spiro atoms. The molecule has 0 aliphatic heterocycles. The number of nitriles is 1. The number of amides is 1. The fourth-order valence-electron chi connectivity index (χ4n) is 3.05. The number of benzene rings is 1. The molecule has 1 atom stereocenters. The highest BCUT2D eigenvalue weighted by Gasteiger charge is 2.39. The molecule has 0 heterocycles. The topological polar surface area (TPSA) is 79.6 Å². The number of ether oxygens (including phenoxy) is 2. The Bertz CT molecular complexity index is 742. The van der Waals surface area contributed by atoms with E-state index in [1.165, 1.54) is 17.9 Å². The second-order valence-corrected chi connectivity index (χ2v) is 7.44. The van der Waals surface area contributed by atoms with Crippen molar-refractivity contribution in [3.63, 3.8) is 0 Å². The van der Waals surface area contributed by atoms with Crippen molar-refractivity contribution in [2.45, 2.75) is 50.7 Å². The third-order valence-electron chi connectivity index (χ3n) is 4.77. The van der Waals surface area contributed by atoms with Crippen molar-refractivity contribution in [1.29, 1.82) is 5.26 Å². The Balaban J connectivity index is 1.90. The van der Waals surface area contributed by atoms with Gasteiger partial charge in [0.05, 0.1) is 11.1 Å². The lowest BCUT2D eigenvalue weighted by molar-refractivity contribution is -0.158. The Morgan fingerprint density at radius 3 is 2.56 bits per heavy atom. The van der Waals surface area contributed by atoms with Crippen LogP contribution in [0.25, 0.3) is 0 Å². The van der Waals surface area contributed by atoms with Crippen LogP contribution in [0.5, 0.6) is 5.75 Å². The van der Waals surface area contributed by atoms with Crippen LogP contribution in [0, 0.1) is 11.3 Å². The van der Waals surface area contributed by atoms with Gasteiger partial charge in [-0.2, -0.15) is 5.26 Å². The summed E-state index contributed by atoms with van der Waals surface area (Å²) in [5.74, 6) is -0.819. The largest absolute Gasteiger partial charge is 0.477 e. The molecule has 1 amide bonds. The van der Waals surface area contributed by atoms with Gasteiger partial charge in [0.1, 0.15) is 11.3 Å². The predicted molar refractivity (Wildman–Crippen MR) is 102 cm³/mol. The van der Waals surface area contributed by atoms with Gasteiger partial charge in [-0.25, -0.2) is 4.79 Å². The maximum atomic E-state index is 12.4. The molecule has 0 unspecified atom stereocenters. The van der Waals surface area contributed by atoms with Gasteiger partial charge in [0.15, 0.2) is 12.7 Å². The van der Waals surface area contributed by atoms with E-state index in [0.29, 0.717) is 23.6 Å². The lowest BCUT2D eigenvalue weighted by atomic mass is 9.81. The third-order valence-corrected chi connectivity index (χ3v) is 5.30. The van der Waals surface area contributed by atoms with E-state index in [2.05, 4.69) is 6.07 Å². The average Bonchev–Trinajstić information content (AvgIpc) is 2.67.